The van der Waals surface area contributed by atoms with Crippen molar-refractivity contribution < 1.29 is 33.3 Å². The predicted molar refractivity (Wildman–Crippen MR) is 135 cm³/mol. The average Bonchev–Trinajstić information content (AvgIpc) is 3.31. The summed E-state index contributed by atoms with van der Waals surface area (Å²) in [5, 5.41) is 38.0. The minimum absolute atomic E-state index is 0.185. The van der Waals surface area contributed by atoms with Crippen LogP contribution in [0, 0.1) is 0 Å². The number of halogens is 3. The SMILES string of the molecule is O=C([O-])CC(O)CC(O)C=Cc1cnn(-c2ccnc(Nc3ccccc3)n2)c1-c1cccc(C(F)(F)F)c1. The van der Waals surface area contributed by atoms with E-state index >= 15 is 0 Å². The van der Waals surface area contributed by atoms with Gasteiger partial charge in [0.15, 0.2) is 5.82 Å². The fourth-order valence-electron chi connectivity index (χ4n) is 3.81. The molecular weight excluding hydrogens is 515 g/mol. The summed E-state index contributed by atoms with van der Waals surface area (Å²) >= 11 is 0. The van der Waals surface area contributed by atoms with Crippen LogP contribution in [0.15, 0.2) is 79.1 Å². The van der Waals surface area contributed by atoms with Crippen LogP contribution >= 0.6 is 0 Å². The number of rotatable bonds is 10. The molecule has 0 aliphatic carbocycles. The van der Waals surface area contributed by atoms with Gasteiger partial charge < -0.3 is 25.4 Å². The average molecular weight is 539 g/mol. The number of aliphatic carboxylic acids is 1. The number of hydrogen-bond acceptors (Lipinski definition) is 8. The van der Waals surface area contributed by atoms with Crippen LogP contribution in [-0.2, 0) is 11.0 Å². The minimum atomic E-state index is -4.58. The number of carbonyl (C=O) groups is 1. The summed E-state index contributed by atoms with van der Waals surface area (Å²) in [6.45, 7) is 0. The molecule has 0 bridgehead atoms. The van der Waals surface area contributed by atoms with E-state index in [4.69, 9.17) is 0 Å². The molecule has 2 heterocycles. The van der Waals surface area contributed by atoms with Crippen LogP contribution in [0.4, 0.5) is 24.8 Å². The lowest BCUT2D eigenvalue weighted by molar-refractivity contribution is -0.307. The molecule has 12 heteroatoms. The largest absolute Gasteiger partial charge is 0.550 e. The van der Waals surface area contributed by atoms with Gasteiger partial charge in [-0.15, -0.1) is 0 Å². The molecule has 0 fully saturated rings. The van der Waals surface area contributed by atoms with Gasteiger partial charge in [-0.1, -0.05) is 42.5 Å². The monoisotopic (exact) mass is 538 g/mol. The van der Waals surface area contributed by atoms with Crippen molar-refractivity contribution in [3.63, 3.8) is 0 Å². The highest BCUT2D eigenvalue weighted by Crippen LogP contribution is 2.34. The summed E-state index contributed by atoms with van der Waals surface area (Å²) in [6, 6.07) is 15.4. The van der Waals surface area contributed by atoms with E-state index in [2.05, 4.69) is 20.4 Å². The number of anilines is 2. The molecule has 0 saturated carbocycles. The molecular formula is C27H23F3N5O4-. The van der Waals surface area contributed by atoms with Crippen molar-refractivity contribution >= 4 is 23.7 Å². The molecule has 0 saturated heterocycles. The molecule has 2 aromatic heterocycles. The lowest BCUT2D eigenvalue weighted by Crippen LogP contribution is -2.29. The fraction of sp³-hybridized carbons (Fsp3) is 0.185. The van der Waals surface area contributed by atoms with Crippen molar-refractivity contribution in [3.05, 3.63) is 90.3 Å². The first kappa shape index (κ1) is 27.5. The topological polar surface area (TPSA) is 136 Å². The second-order valence-corrected chi connectivity index (χ2v) is 8.56. The van der Waals surface area contributed by atoms with E-state index in [1.807, 2.05) is 30.3 Å². The Morgan fingerprint density at radius 1 is 1.10 bits per heavy atom. The molecule has 0 aliphatic heterocycles. The summed E-state index contributed by atoms with van der Waals surface area (Å²) in [6.07, 6.45) is -2.49. The molecule has 2 atom stereocenters. The smallest absolute Gasteiger partial charge is 0.416 e. The lowest BCUT2D eigenvalue weighted by Gasteiger charge is -2.14. The molecule has 4 aromatic rings. The van der Waals surface area contributed by atoms with E-state index in [0.29, 0.717) is 5.56 Å². The Morgan fingerprint density at radius 2 is 1.87 bits per heavy atom. The normalized spacial score (nSPS) is 13.4. The number of para-hydroxylation sites is 1. The van der Waals surface area contributed by atoms with Crippen molar-refractivity contribution in [2.45, 2.75) is 31.2 Å². The summed E-state index contributed by atoms with van der Waals surface area (Å²) in [5.41, 5.74) is 0.654. The third-order valence-corrected chi connectivity index (χ3v) is 5.56. The summed E-state index contributed by atoms with van der Waals surface area (Å²) < 4.78 is 41.8. The van der Waals surface area contributed by atoms with Gasteiger partial charge in [-0.25, -0.2) is 9.67 Å². The quantitative estimate of drug-likeness (QED) is 0.280. The first-order valence-electron chi connectivity index (χ1n) is 11.8. The predicted octanol–water partition coefficient (Wildman–Crippen LogP) is 3.36. The summed E-state index contributed by atoms with van der Waals surface area (Å²) in [7, 11) is 0. The second kappa shape index (κ2) is 11.9. The van der Waals surface area contributed by atoms with E-state index in [1.54, 1.807) is 6.07 Å². The van der Waals surface area contributed by atoms with Gasteiger partial charge in [0.1, 0.15) is 0 Å². The Morgan fingerprint density at radius 3 is 2.59 bits per heavy atom. The molecule has 3 N–H and O–H groups in total. The van der Waals surface area contributed by atoms with Gasteiger partial charge in [0, 0.05) is 47.9 Å². The standard InChI is InChI=1S/C27H24F3N5O4/c28-27(29,30)19-6-4-5-17(13-19)25-18(9-10-21(36)14-22(37)15-24(38)39)16-32-35(25)23-11-12-31-26(34-23)33-20-7-2-1-3-8-20/h1-13,16,21-22,36-37H,14-15H2,(H,38,39)(H,31,33,34)/p-1. The van der Waals surface area contributed by atoms with E-state index in [1.165, 1.54) is 41.4 Å². The zero-order valence-electron chi connectivity index (χ0n) is 20.3. The fourth-order valence-corrected chi connectivity index (χ4v) is 3.81. The molecule has 2 unspecified atom stereocenters. The number of hydrogen-bond donors (Lipinski definition) is 3. The Bertz CT molecular complexity index is 1460. The molecule has 0 spiro atoms. The number of carboxylic acids is 1. The maximum absolute atomic E-state index is 13.5. The first-order chi connectivity index (χ1) is 18.6. The van der Waals surface area contributed by atoms with Crippen LogP contribution in [0.25, 0.3) is 23.2 Å². The first-order valence-corrected chi connectivity index (χ1v) is 11.8. The third-order valence-electron chi connectivity index (χ3n) is 5.56. The van der Waals surface area contributed by atoms with Crippen LogP contribution in [-0.4, -0.2) is 48.1 Å². The third kappa shape index (κ3) is 7.27. The Hall–Kier alpha value is -4.55. The lowest BCUT2D eigenvalue weighted by atomic mass is 10.0. The highest BCUT2D eigenvalue weighted by molar-refractivity contribution is 5.74. The number of benzene rings is 2. The van der Waals surface area contributed by atoms with Gasteiger partial charge >= 0.3 is 6.18 Å². The molecule has 9 nitrogen and oxygen atoms in total. The number of carbonyl (C=O) groups excluding carboxylic acids is 1. The van der Waals surface area contributed by atoms with E-state index in [0.717, 1.165) is 17.8 Å². The van der Waals surface area contributed by atoms with Crippen molar-refractivity contribution in [3.8, 4) is 17.1 Å². The highest BCUT2D eigenvalue weighted by Gasteiger charge is 2.31. The minimum Gasteiger partial charge on any atom is -0.550 e. The molecule has 0 aliphatic rings. The van der Waals surface area contributed by atoms with Gasteiger partial charge in [-0.2, -0.15) is 23.3 Å². The number of nitrogens with one attached hydrogen (secondary N) is 1. The van der Waals surface area contributed by atoms with Crippen LogP contribution in [0.5, 0.6) is 0 Å². The van der Waals surface area contributed by atoms with Crippen molar-refractivity contribution in [2.75, 3.05) is 5.32 Å². The van der Waals surface area contributed by atoms with Crippen molar-refractivity contribution in [1.29, 1.82) is 0 Å². The van der Waals surface area contributed by atoms with Gasteiger partial charge in [0.05, 0.1) is 29.7 Å². The number of aliphatic hydroxyl groups excluding tert-OH is 2. The molecule has 2 aromatic carbocycles. The Kier molecular flexibility index (Phi) is 8.37. The zero-order chi connectivity index (χ0) is 28.0. The van der Waals surface area contributed by atoms with Gasteiger partial charge in [-0.3, -0.25) is 0 Å². The second-order valence-electron chi connectivity index (χ2n) is 8.56. The summed E-state index contributed by atoms with van der Waals surface area (Å²) in [4.78, 5) is 19.3. The Labute approximate surface area is 220 Å². The number of alkyl halides is 3. The maximum Gasteiger partial charge on any atom is 0.416 e. The molecule has 0 amide bonds. The van der Waals surface area contributed by atoms with Crippen LogP contribution in [0.1, 0.15) is 24.0 Å². The van der Waals surface area contributed by atoms with Crippen molar-refractivity contribution in [2.24, 2.45) is 0 Å². The Balaban J connectivity index is 1.73. The van der Waals surface area contributed by atoms with E-state index in [-0.39, 0.29) is 29.4 Å². The maximum atomic E-state index is 13.5. The van der Waals surface area contributed by atoms with Gasteiger partial charge in [-0.05, 0) is 24.3 Å². The molecule has 0 radical (unpaired) electrons. The zero-order valence-corrected chi connectivity index (χ0v) is 20.3. The van der Waals surface area contributed by atoms with E-state index in [9.17, 15) is 33.3 Å². The van der Waals surface area contributed by atoms with Crippen LogP contribution < -0.4 is 10.4 Å². The molecule has 4 rings (SSSR count). The number of aromatic nitrogens is 4. The summed E-state index contributed by atoms with van der Waals surface area (Å²) in [5.74, 6) is -0.961. The van der Waals surface area contributed by atoms with Crippen LogP contribution in [0.3, 0.4) is 0 Å². The number of aliphatic hydroxyl groups is 2. The van der Waals surface area contributed by atoms with Gasteiger partial charge in [0.2, 0.25) is 5.95 Å². The number of nitrogens with zero attached hydrogens (tertiary/aromatic N) is 4. The van der Waals surface area contributed by atoms with E-state index < -0.39 is 36.3 Å². The molecule has 202 valence electrons. The highest BCUT2D eigenvalue weighted by atomic mass is 19.4. The van der Waals surface area contributed by atoms with Crippen LogP contribution in [0.2, 0.25) is 0 Å². The van der Waals surface area contributed by atoms with Gasteiger partial charge in [0.25, 0.3) is 0 Å². The number of carboxylic acid groups (broad SMARTS) is 1. The van der Waals surface area contributed by atoms with Crippen molar-refractivity contribution in [1.82, 2.24) is 19.7 Å². The molecule has 39 heavy (non-hydrogen) atoms.